The summed E-state index contributed by atoms with van der Waals surface area (Å²) in [6, 6.07) is 20.2. The van der Waals surface area contributed by atoms with Crippen molar-refractivity contribution >= 4 is 68.2 Å². The maximum atomic E-state index is 14.6. The number of ether oxygens (including phenoxy) is 1. The number of likely N-dealkylation sites (N-methyl/N-ethyl adjacent to an activating group) is 1. The largest absolute Gasteiger partial charge is 0.496 e. The third-order valence-electron chi connectivity index (χ3n) is 7.90. The first-order valence-electron chi connectivity index (χ1n) is 13.1. The number of aryl methyl sites for hydroxylation is 1. The van der Waals surface area contributed by atoms with Crippen LogP contribution in [0.1, 0.15) is 28.8 Å². The van der Waals surface area contributed by atoms with Crippen molar-refractivity contribution < 1.29 is 23.5 Å². The van der Waals surface area contributed by atoms with Gasteiger partial charge in [0.25, 0.3) is 5.91 Å². The van der Waals surface area contributed by atoms with E-state index in [2.05, 4.69) is 21.2 Å². The molecule has 1 aliphatic heterocycles. The summed E-state index contributed by atoms with van der Waals surface area (Å²) in [6.45, 7) is 3.35. The average molecular weight is 656 g/mol. The molecule has 2 heterocycles. The van der Waals surface area contributed by atoms with E-state index >= 15 is 0 Å². The molecule has 1 aliphatic rings. The zero-order valence-electron chi connectivity index (χ0n) is 23.6. The molecule has 0 spiro atoms. The number of anilines is 2. The van der Waals surface area contributed by atoms with Crippen LogP contribution in [0.15, 0.2) is 75.6 Å². The Morgan fingerprint density at radius 3 is 2.45 bits per heavy atom. The molecule has 2 atom stereocenters. The van der Waals surface area contributed by atoms with Gasteiger partial charge in [-0.2, -0.15) is 0 Å². The van der Waals surface area contributed by atoms with Crippen LogP contribution in [0, 0.1) is 12.8 Å². The Kier molecular flexibility index (Phi) is 9.01. The van der Waals surface area contributed by atoms with E-state index in [0.29, 0.717) is 22.9 Å². The van der Waals surface area contributed by atoms with Crippen LogP contribution in [-0.2, 0) is 16.1 Å². The van der Waals surface area contributed by atoms with E-state index in [1.54, 1.807) is 63.2 Å². The first-order valence-corrected chi connectivity index (χ1v) is 13.9. The van der Waals surface area contributed by atoms with Gasteiger partial charge in [0.1, 0.15) is 17.0 Å². The van der Waals surface area contributed by atoms with Gasteiger partial charge in [0, 0.05) is 16.6 Å². The van der Waals surface area contributed by atoms with Crippen LogP contribution in [-0.4, -0.2) is 44.0 Å². The summed E-state index contributed by atoms with van der Waals surface area (Å²) in [6.07, 6.45) is 0. The van der Waals surface area contributed by atoms with Crippen molar-refractivity contribution in [2.45, 2.75) is 25.9 Å². The number of primary amides is 1. The zero-order valence-corrected chi connectivity index (χ0v) is 26.0. The third kappa shape index (κ3) is 5.37. The number of hydrogen-bond donors (Lipinski definition) is 2. The lowest BCUT2D eigenvalue weighted by atomic mass is 9.83. The van der Waals surface area contributed by atoms with Crippen molar-refractivity contribution in [1.29, 1.82) is 0 Å². The molecule has 0 saturated heterocycles. The highest BCUT2D eigenvalue weighted by atomic mass is 79.9. The summed E-state index contributed by atoms with van der Waals surface area (Å²) < 4.78 is 12.3. The average Bonchev–Trinajstić information content (AvgIpc) is 3.36. The number of furan rings is 1. The van der Waals surface area contributed by atoms with Crippen molar-refractivity contribution in [3.63, 3.8) is 0 Å². The molecule has 220 valence electrons. The number of hydrogen-bond acceptors (Lipinski definition) is 6. The Labute approximate surface area is 258 Å². The number of rotatable bonds is 7. The summed E-state index contributed by atoms with van der Waals surface area (Å²) >= 11 is 3.53. The molecule has 0 saturated carbocycles. The normalized spacial score (nSPS) is 16.3. The molecule has 0 fully saturated rings. The number of nitrogens with zero attached hydrogens (tertiary/aromatic N) is 2. The van der Waals surface area contributed by atoms with Crippen LogP contribution in [0.2, 0.25) is 0 Å². The van der Waals surface area contributed by atoms with Crippen molar-refractivity contribution in [2.24, 2.45) is 11.7 Å². The minimum Gasteiger partial charge on any atom is -0.496 e. The molecule has 11 heteroatoms. The highest BCUT2D eigenvalue weighted by molar-refractivity contribution is 9.10. The Balaban J connectivity index is 0.00000405. The second-order valence-corrected chi connectivity index (χ2v) is 11.1. The van der Waals surface area contributed by atoms with Gasteiger partial charge in [-0.1, -0.05) is 40.2 Å². The Bertz CT molecular complexity index is 1670. The molecule has 4 aromatic rings. The van der Waals surface area contributed by atoms with Gasteiger partial charge < -0.3 is 30.0 Å². The van der Waals surface area contributed by atoms with Gasteiger partial charge in [0.15, 0.2) is 5.76 Å². The van der Waals surface area contributed by atoms with E-state index < -0.39 is 23.3 Å². The molecule has 0 bridgehead atoms. The predicted octanol–water partition coefficient (Wildman–Crippen LogP) is 5.21. The van der Waals surface area contributed by atoms with Gasteiger partial charge in [-0.15, -0.1) is 12.4 Å². The second kappa shape index (κ2) is 12.2. The number of nitrogens with one attached hydrogen (secondary N) is 1. The molecule has 42 heavy (non-hydrogen) atoms. The Hall–Kier alpha value is -3.86. The number of amides is 3. The molecule has 3 aromatic carbocycles. The summed E-state index contributed by atoms with van der Waals surface area (Å²) in [5.74, 6) is -1.22. The van der Waals surface area contributed by atoms with E-state index in [1.807, 2.05) is 36.4 Å². The van der Waals surface area contributed by atoms with Gasteiger partial charge in [-0.3, -0.25) is 14.4 Å². The molecule has 1 aromatic heterocycles. The number of para-hydroxylation sites is 2. The van der Waals surface area contributed by atoms with Crippen molar-refractivity contribution in [1.82, 2.24) is 5.32 Å². The highest BCUT2D eigenvalue weighted by Crippen LogP contribution is 2.40. The SMILES string of the molecule is CNC(C)(C(N)=O)[C@@H]1CN(C(=O)c2ccc(C)o2)c2ccccc2N(Cc2c(OC)ccc3cc(Br)ccc23)C1=O.Cl. The van der Waals surface area contributed by atoms with Crippen LogP contribution in [0.5, 0.6) is 5.75 Å². The maximum Gasteiger partial charge on any atom is 0.294 e. The summed E-state index contributed by atoms with van der Waals surface area (Å²) in [4.78, 5) is 44.4. The smallest absolute Gasteiger partial charge is 0.294 e. The summed E-state index contributed by atoms with van der Waals surface area (Å²) in [7, 11) is 3.16. The van der Waals surface area contributed by atoms with Crippen LogP contribution in [0.4, 0.5) is 11.4 Å². The van der Waals surface area contributed by atoms with Gasteiger partial charge in [0.05, 0.1) is 30.9 Å². The summed E-state index contributed by atoms with van der Waals surface area (Å²) in [5, 5.41) is 4.83. The lowest BCUT2D eigenvalue weighted by molar-refractivity contribution is -0.133. The molecule has 0 radical (unpaired) electrons. The molecular weight excluding hydrogens is 624 g/mol. The highest BCUT2D eigenvalue weighted by Gasteiger charge is 2.49. The van der Waals surface area contributed by atoms with Gasteiger partial charge >= 0.3 is 0 Å². The van der Waals surface area contributed by atoms with Crippen LogP contribution >= 0.6 is 28.3 Å². The van der Waals surface area contributed by atoms with E-state index in [0.717, 1.165) is 20.8 Å². The molecule has 1 unspecified atom stereocenters. The fraction of sp³-hybridized carbons (Fsp3) is 0.258. The number of benzene rings is 3. The maximum absolute atomic E-state index is 14.6. The fourth-order valence-electron chi connectivity index (χ4n) is 5.38. The molecule has 0 aliphatic carbocycles. The minimum atomic E-state index is -1.47. The van der Waals surface area contributed by atoms with Gasteiger partial charge in [-0.05, 0) is 74.1 Å². The third-order valence-corrected chi connectivity index (χ3v) is 8.40. The molecule has 3 N–H and O–H groups in total. The fourth-order valence-corrected chi connectivity index (χ4v) is 5.76. The van der Waals surface area contributed by atoms with Gasteiger partial charge in [0.2, 0.25) is 11.8 Å². The van der Waals surface area contributed by atoms with Crippen molar-refractivity contribution in [3.8, 4) is 5.75 Å². The minimum absolute atomic E-state index is 0. The monoisotopic (exact) mass is 654 g/mol. The van der Waals surface area contributed by atoms with E-state index in [4.69, 9.17) is 14.9 Å². The number of nitrogens with two attached hydrogens (primary N) is 1. The van der Waals surface area contributed by atoms with E-state index in [-0.39, 0.29) is 37.2 Å². The topological polar surface area (TPSA) is 118 Å². The number of carbonyl (C=O) groups excluding carboxylic acids is 3. The van der Waals surface area contributed by atoms with Crippen LogP contribution in [0.3, 0.4) is 0 Å². The standard InChI is InChI=1S/C31H31BrN4O5.ClH/c1-18-9-13-27(41-18)29(38)36-17-23(31(2,34-3)30(33)39)28(37)35(24-7-5-6-8-25(24)36)16-22-21-12-11-20(32)15-19(21)10-14-26(22)40-4;/h5-15,23,34H,16-17H2,1-4H3,(H2,33,39);1H/t23-,31?;/m1./s1. The van der Waals surface area contributed by atoms with E-state index in [1.165, 1.54) is 4.90 Å². The van der Waals surface area contributed by atoms with Crippen LogP contribution in [0.25, 0.3) is 10.8 Å². The summed E-state index contributed by atoms with van der Waals surface area (Å²) in [5.41, 5.74) is 6.21. The van der Waals surface area contributed by atoms with Crippen LogP contribution < -0.4 is 25.6 Å². The number of methoxy groups -OCH3 is 1. The quantitative estimate of drug-likeness (QED) is 0.282. The van der Waals surface area contributed by atoms with E-state index in [9.17, 15) is 14.4 Å². The number of carbonyl (C=O) groups is 3. The lowest BCUT2D eigenvalue weighted by Gasteiger charge is -2.36. The Morgan fingerprint density at radius 2 is 1.83 bits per heavy atom. The Morgan fingerprint density at radius 1 is 1.12 bits per heavy atom. The predicted molar refractivity (Wildman–Crippen MR) is 168 cm³/mol. The first kappa shape index (κ1) is 31.1. The van der Waals surface area contributed by atoms with Gasteiger partial charge in [-0.25, -0.2) is 0 Å². The van der Waals surface area contributed by atoms with Crippen molar-refractivity contribution in [2.75, 3.05) is 30.5 Å². The molecular formula is C31H32BrClN4O5. The molecule has 9 nitrogen and oxygen atoms in total. The number of halogens is 2. The number of fused-ring (bicyclic) bond motifs is 2. The lowest BCUT2D eigenvalue weighted by Crippen LogP contribution is -2.63. The van der Waals surface area contributed by atoms with Crippen molar-refractivity contribution in [3.05, 3.63) is 88.3 Å². The zero-order chi connectivity index (χ0) is 29.5. The molecule has 5 rings (SSSR count). The second-order valence-electron chi connectivity index (χ2n) is 10.2. The first-order chi connectivity index (χ1) is 19.6. The molecule has 3 amide bonds.